The van der Waals surface area contributed by atoms with Crippen LogP contribution in [0.25, 0.3) is 0 Å². The number of hydrogen-bond acceptors (Lipinski definition) is 2. The molecule has 0 saturated heterocycles. The predicted molar refractivity (Wildman–Crippen MR) is 72.7 cm³/mol. The highest BCUT2D eigenvalue weighted by Gasteiger charge is 2.30. The van der Waals surface area contributed by atoms with Crippen LogP contribution in [0.5, 0.6) is 5.88 Å². The summed E-state index contributed by atoms with van der Waals surface area (Å²) in [7, 11) is 0. The summed E-state index contributed by atoms with van der Waals surface area (Å²) in [4.78, 5) is 3.98. The lowest BCUT2D eigenvalue weighted by Crippen LogP contribution is -2.07. The zero-order chi connectivity index (χ0) is 13.9. The maximum atomic E-state index is 12.5. The van der Waals surface area contributed by atoms with Gasteiger partial charge in [-0.25, -0.2) is 4.98 Å². The maximum absolute atomic E-state index is 12.5. The van der Waals surface area contributed by atoms with Crippen molar-refractivity contribution in [3.8, 4) is 5.88 Å². The van der Waals surface area contributed by atoms with Crippen LogP contribution in [0.15, 0.2) is 42.6 Å². The van der Waals surface area contributed by atoms with Crippen LogP contribution in [-0.4, -0.2) is 4.98 Å². The average molecular weight is 379 g/mol. The predicted octanol–water partition coefficient (Wildman–Crippen LogP) is 4.28. The molecule has 0 N–H and O–H groups in total. The molecule has 0 atom stereocenters. The molecule has 2 aromatic rings. The second-order valence-corrected chi connectivity index (χ2v) is 4.92. The zero-order valence-corrected chi connectivity index (χ0v) is 11.8. The van der Waals surface area contributed by atoms with Gasteiger partial charge in [-0.05, 0) is 40.8 Å². The Morgan fingerprint density at radius 1 is 1.16 bits per heavy atom. The van der Waals surface area contributed by atoms with Gasteiger partial charge in [-0.15, -0.1) is 0 Å². The van der Waals surface area contributed by atoms with E-state index in [2.05, 4.69) is 4.98 Å². The number of rotatable bonds is 3. The van der Waals surface area contributed by atoms with Crippen LogP contribution in [0, 0.1) is 3.57 Å². The number of ether oxygens (including phenoxy) is 1. The molecule has 0 bridgehead atoms. The summed E-state index contributed by atoms with van der Waals surface area (Å²) in [5, 5.41) is 0. The van der Waals surface area contributed by atoms with Crippen molar-refractivity contribution in [3.63, 3.8) is 0 Å². The van der Waals surface area contributed by atoms with E-state index in [9.17, 15) is 13.2 Å². The third kappa shape index (κ3) is 3.82. The highest BCUT2D eigenvalue weighted by atomic mass is 127. The lowest BCUT2D eigenvalue weighted by molar-refractivity contribution is -0.137. The third-order valence-corrected chi connectivity index (χ3v) is 3.40. The molecule has 6 heteroatoms. The first kappa shape index (κ1) is 14.1. The Hall–Kier alpha value is -1.31. The van der Waals surface area contributed by atoms with Crippen molar-refractivity contribution < 1.29 is 17.9 Å². The van der Waals surface area contributed by atoms with Crippen LogP contribution in [0.1, 0.15) is 11.1 Å². The minimum atomic E-state index is -4.32. The fraction of sp³-hybridized carbons (Fsp3) is 0.154. The summed E-state index contributed by atoms with van der Waals surface area (Å²) < 4.78 is 43.4. The summed E-state index contributed by atoms with van der Waals surface area (Å²) in [6.07, 6.45) is -2.73. The molecule has 1 aromatic heterocycles. The molecule has 19 heavy (non-hydrogen) atoms. The fourth-order valence-electron chi connectivity index (χ4n) is 1.42. The summed E-state index contributed by atoms with van der Waals surface area (Å²) in [5.41, 5.74) is 0.0396. The van der Waals surface area contributed by atoms with Gasteiger partial charge < -0.3 is 4.74 Å². The van der Waals surface area contributed by atoms with Crippen molar-refractivity contribution in [1.29, 1.82) is 0 Å². The molecule has 1 aromatic carbocycles. The van der Waals surface area contributed by atoms with Crippen molar-refractivity contribution >= 4 is 22.6 Å². The lowest BCUT2D eigenvalue weighted by Gasteiger charge is -2.10. The first-order valence-corrected chi connectivity index (χ1v) is 6.44. The molecule has 100 valence electrons. The molecule has 0 aliphatic heterocycles. The van der Waals surface area contributed by atoms with Gasteiger partial charge in [-0.2, -0.15) is 13.2 Å². The van der Waals surface area contributed by atoms with Gasteiger partial charge in [0.25, 0.3) is 0 Å². The zero-order valence-electron chi connectivity index (χ0n) is 9.62. The molecular formula is C13H9F3INO. The van der Waals surface area contributed by atoms with Gasteiger partial charge in [0.1, 0.15) is 6.61 Å². The Labute approximate surface area is 121 Å². The molecular weight excluding hydrogens is 370 g/mol. The molecule has 0 amide bonds. The standard InChI is InChI=1S/C13H9F3INO/c14-13(15,16)10-5-4-9(11(17)7-10)8-19-12-3-1-2-6-18-12/h1-7H,8H2. The van der Waals surface area contributed by atoms with Crippen LogP contribution in [0.3, 0.4) is 0 Å². The number of alkyl halides is 3. The molecule has 0 fully saturated rings. The van der Waals surface area contributed by atoms with Crippen LogP contribution in [0.4, 0.5) is 13.2 Å². The van der Waals surface area contributed by atoms with E-state index in [0.29, 0.717) is 15.0 Å². The number of benzene rings is 1. The summed E-state index contributed by atoms with van der Waals surface area (Å²) in [5.74, 6) is 0.443. The van der Waals surface area contributed by atoms with Gasteiger partial charge in [0, 0.05) is 21.4 Å². The van der Waals surface area contributed by atoms with Crippen LogP contribution in [-0.2, 0) is 12.8 Å². The van der Waals surface area contributed by atoms with E-state index < -0.39 is 11.7 Å². The molecule has 0 aliphatic carbocycles. The van der Waals surface area contributed by atoms with E-state index >= 15 is 0 Å². The Kier molecular flexibility index (Phi) is 4.28. The molecule has 2 nitrogen and oxygen atoms in total. The largest absolute Gasteiger partial charge is 0.473 e. The van der Waals surface area contributed by atoms with Crippen LogP contribution >= 0.6 is 22.6 Å². The Balaban J connectivity index is 2.10. The number of aromatic nitrogens is 1. The van der Waals surface area contributed by atoms with Gasteiger partial charge in [-0.1, -0.05) is 12.1 Å². The van der Waals surface area contributed by atoms with Gasteiger partial charge in [0.05, 0.1) is 5.56 Å². The highest BCUT2D eigenvalue weighted by Crippen LogP contribution is 2.31. The summed E-state index contributed by atoms with van der Waals surface area (Å²) >= 11 is 1.87. The van der Waals surface area contributed by atoms with Crippen molar-refractivity contribution in [1.82, 2.24) is 4.98 Å². The Bertz CT molecular complexity index is 558. The third-order valence-electron chi connectivity index (χ3n) is 2.39. The minimum Gasteiger partial charge on any atom is -0.473 e. The highest BCUT2D eigenvalue weighted by molar-refractivity contribution is 14.1. The molecule has 0 aliphatic rings. The van der Waals surface area contributed by atoms with E-state index in [-0.39, 0.29) is 6.61 Å². The van der Waals surface area contributed by atoms with Crippen molar-refractivity contribution in [2.45, 2.75) is 12.8 Å². The van der Waals surface area contributed by atoms with E-state index in [1.807, 2.05) is 22.6 Å². The molecule has 0 unspecified atom stereocenters. The van der Waals surface area contributed by atoms with Crippen molar-refractivity contribution in [3.05, 3.63) is 57.3 Å². The SMILES string of the molecule is FC(F)(F)c1ccc(COc2ccccn2)c(I)c1. The first-order chi connectivity index (χ1) is 8.97. The molecule has 0 saturated carbocycles. The second kappa shape index (κ2) is 5.77. The number of nitrogens with zero attached hydrogens (tertiary/aromatic N) is 1. The van der Waals surface area contributed by atoms with Crippen LogP contribution < -0.4 is 4.74 Å². The Morgan fingerprint density at radius 2 is 1.95 bits per heavy atom. The molecule has 0 spiro atoms. The molecule has 0 radical (unpaired) electrons. The first-order valence-electron chi connectivity index (χ1n) is 5.36. The fourth-order valence-corrected chi connectivity index (χ4v) is 2.10. The molecule has 1 heterocycles. The Morgan fingerprint density at radius 3 is 2.53 bits per heavy atom. The minimum absolute atomic E-state index is 0.188. The smallest absolute Gasteiger partial charge is 0.416 e. The van der Waals surface area contributed by atoms with Crippen molar-refractivity contribution in [2.24, 2.45) is 0 Å². The molecule has 2 rings (SSSR count). The van der Waals surface area contributed by atoms with Gasteiger partial charge >= 0.3 is 6.18 Å². The van der Waals surface area contributed by atoms with E-state index in [0.717, 1.165) is 12.1 Å². The van der Waals surface area contributed by atoms with Gasteiger partial charge in [-0.3, -0.25) is 0 Å². The van der Waals surface area contributed by atoms with Gasteiger partial charge in [0.2, 0.25) is 5.88 Å². The van der Waals surface area contributed by atoms with E-state index in [1.54, 1.807) is 24.4 Å². The van der Waals surface area contributed by atoms with Gasteiger partial charge in [0.15, 0.2) is 0 Å². The monoisotopic (exact) mass is 379 g/mol. The summed E-state index contributed by atoms with van der Waals surface area (Å²) in [6, 6.07) is 8.82. The number of halogens is 4. The summed E-state index contributed by atoms with van der Waals surface area (Å²) in [6.45, 7) is 0.188. The maximum Gasteiger partial charge on any atom is 0.416 e. The van der Waals surface area contributed by atoms with Crippen molar-refractivity contribution in [2.75, 3.05) is 0 Å². The van der Waals surface area contributed by atoms with E-state index in [4.69, 9.17) is 4.74 Å². The average Bonchev–Trinajstić information content (AvgIpc) is 2.37. The number of hydrogen-bond donors (Lipinski definition) is 0. The van der Waals surface area contributed by atoms with E-state index in [1.165, 1.54) is 6.07 Å². The topological polar surface area (TPSA) is 22.1 Å². The lowest BCUT2D eigenvalue weighted by atomic mass is 10.1. The van der Waals surface area contributed by atoms with Crippen LogP contribution in [0.2, 0.25) is 0 Å². The normalized spacial score (nSPS) is 11.4. The quantitative estimate of drug-likeness (QED) is 0.743. The second-order valence-electron chi connectivity index (χ2n) is 3.76. The number of pyridine rings is 1.